The van der Waals surface area contributed by atoms with Crippen molar-refractivity contribution in [3.05, 3.63) is 11.9 Å². The molecule has 0 bridgehead atoms. The van der Waals surface area contributed by atoms with Gasteiger partial charge in [-0.3, -0.25) is 4.79 Å². The van der Waals surface area contributed by atoms with Crippen LogP contribution in [0.2, 0.25) is 0 Å². The molecule has 0 radical (unpaired) electrons. The molecule has 112 valence electrons. The highest BCUT2D eigenvalue weighted by Gasteiger charge is 2.16. The van der Waals surface area contributed by atoms with Gasteiger partial charge >= 0.3 is 5.97 Å². The number of aromatic nitrogens is 2. The topological polar surface area (TPSA) is 64.3 Å². The fraction of sp³-hybridized carbons (Fsp3) is 0.714. The van der Waals surface area contributed by atoms with Gasteiger partial charge in [-0.15, -0.1) is 0 Å². The first kappa shape index (κ1) is 15.4. The largest absolute Gasteiger partial charge is 0.481 e. The minimum absolute atomic E-state index is 0.0557. The summed E-state index contributed by atoms with van der Waals surface area (Å²) in [7, 11) is 0. The van der Waals surface area contributed by atoms with E-state index in [0.717, 1.165) is 43.3 Å². The van der Waals surface area contributed by atoms with E-state index in [-0.39, 0.29) is 5.75 Å². The smallest absolute Gasteiger partial charge is 0.313 e. The van der Waals surface area contributed by atoms with Gasteiger partial charge in [-0.25, -0.2) is 4.98 Å². The number of ether oxygens (including phenoxy) is 1. The van der Waals surface area contributed by atoms with Crippen LogP contribution in [0.25, 0.3) is 0 Å². The van der Waals surface area contributed by atoms with Crippen LogP contribution in [0.15, 0.2) is 11.4 Å². The van der Waals surface area contributed by atoms with Crippen LogP contribution >= 0.6 is 11.8 Å². The van der Waals surface area contributed by atoms with Gasteiger partial charge in [0.15, 0.2) is 5.16 Å². The number of aryl methyl sites for hydroxylation is 1. The molecule has 5 nitrogen and oxygen atoms in total. The Labute approximate surface area is 123 Å². The van der Waals surface area contributed by atoms with Gasteiger partial charge < -0.3 is 14.4 Å². The van der Waals surface area contributed by atoms with Gasteiger partial charge in [0.1, 0.15) is 0 Å². The summed E-state index contributed by atoms with van der Waals surface area (Å²) < 4.78 is 7.90. The average molecular weight is 298 g/mol. The van der Waals surface area contributed by atoms with Crippen molar-refractivity contribution in [2.24, 2.45) is 0 Å². The Kier molecular flexibility index (Phi) is 5.91. The average Bonchev–Trinajstić information content (AvgIpc) is 2.86. The Morgan fingerprint density at radius 1 is 1.60 bits per heavy atom. The second kappa shape index (κ2) is 7.69. The first-order valence-corrected chi connectivity index (χ1v) is 8.20. The summed E-state index contributed by atoms with van der Waals surface area (Å²) in [5, 5.41) is 9.59. The van der Waals surface area contributed by atoms with E-state index in [1.54, 1.807) is 0 Å². The van der Waals surface area contributed by atoms with Crippen LogP contribution in [0.1, 0.15) is 38.3 Å². The van der Waals surface area contributed by atoms with E-state index in [1.165, 1.54) is 24.6 Å². The minimum Gasteiger partial charge on any atom is -0.481 e. The van der Waals surface area contributed by atoms with Crippen molar-refractivity contribution < 1.29 is 14.6 Å². The zero-order chi connectivity index (χ0) is 14.4. The van der Waals surface area contributed by atoms with E-state index in [1.807, 2.05) is 6.20 Å². The monoisotopic (exact) mass is 298 g/mol. The number of carboxylic acid groups (broad SMARTS) is 1. The third-order valence-electron chi connectivity index (χ3n) is 3.54. The SMILES string of the molecule is CCc1cnc(SCC(=O)O)n1CCC1CCCCO1. The van der Waals surface area contributed by atoms with Crippen molar-refractivity contribution in [2.75, 3.05) is 12.4 Å². The van der Waals surface area contributed by atoms with Crippen LogP contribution in [-0.4, -0.2) is 39.1 Å². The van der Waals surface area contributed by atoms with Crippen molar-refractivity contribution in [3.8, 4) is 0 Å². The molecule has 20 heavy (non-hydrogen) atoms. The minimum atomic E-state index is -0.807. The molecule has 1 aliphatic rings. The summed E-state index contributed by atoms with van der Waals surface area (Å²) in [6.07, 6.45) is 7.63. The van der Waals surface area contributed by atoms with E-state index >= 15 is 0 Å². The fourth-order valence-electron chi connectivity index (χ4n) is 2.46. The van der Waals surface area contributed by atoms with E-state index in [0.29, 0.717) is 6.10 Å². The number of hydrogen-bond donors (Lipinski definition) is 1. The molecule has 6 heteroatoms. The maximum atomic E-state index is 10.7. The molecule has 2 rings (SSSR count). The lowest BCUT2D eigenvalue weighted by molar-refractivity contribution is -0.133. The summed E-state index contributed by atoms with van der Waals surface area (Å²) in [5.41, 5.74) is 1.16. The standard InChI is InChI=1S/C14H22N2O3S/c1-2-11-9-15-14(20-10-13(17)18)16(11)7-6-12-5-3-4-8-19-12/h9,12H,2-8,10H2,1H3,(H,17,18). The van der Waals surface area contributed by atoms with E-state index < -0.39 is 5.97 Å². The molecule has 0 saturated carbocycles. The van der Waals surface area contributed by atoms with E-state index in [9.17, 15) is 4.79 Å². The highest BCUT2D eigenvalue weighted by Crippen LogP contribution is 2.22. The lowest BCUT2D eigenvalue weighted by Crippen LogP contribution is -2.21. The van der Waals surface area contributed by atoms with Gasteiger partial charge in [0.25, 0.3) is 0 Å². The molecule has 1 atom stereocenters. The van der Waals surface area contributed by atoms with Gasteiger partial charge in [-0.1, -0.05) is 18.7 Å². The maximum Gasteiger partial charge on any atom is 0.313 e. The molecule has 1 aromatic heterocycles. The van der Waals surface area contributed by atoms with Crippen molar-refractivity contribution in [1.29, 1.82) is 0 Å². The highest BCUT2D eigenvalue weighted by molar-refractivity contribution is 7.99. The molecule has 1 aliphatic heterocycles. The molecule has 1 unspecified atom stereocenters. The number of aliphatic carboxylic acids is 1. The second-order valence-electron chi connectivity index (χ2n) is 5.00. The Morgan fingerprint density at radius 3 is 3.10 bits per heavy atom. The Hall–Kier alpha value is -1.01. The van der Waals surface area contributed by atoms with Crippen molar-refractivity contribution in [3.63, 3.8) is 0 Å². The molecular weight excluding hydrogens is 276 g/mol. The van der Waals surface area contributed by atoms with Gasteiger partial charge in [0.2, 0.25) is 0 Å². The number of carboxylic acids is 1. The van der Waals surface area contributed by atoms with Gasteiger partial charge in [-0.2, -0.15) is 0 Å². The molecular formula is C14H22N2O3S. The zero-order valence-corrected chi connectivity index (χ0v) is 12.7. The van der Waals surface area contributed by atoms with Gasteiger partial charge in [0.05, 0.1) is 11.9 Å². The number of hydrogen-bond acceptors (Lipinski definition) is 4. The van der Waals surface area contributed by atoms with Gasteiger partial charge in [0, 0.05) is 25.0 Å². The molecule has 0 spiro atoms. The van der Waals surface area contributed by atoms with E-state index in [4.69, 9.17) is 9.84 Å². The molecule has 0 aromatic carbocycles. The number of thioether (sulfide) groups is 1. The number of carbonyl (C=O) groups is 1. The predicted molar refractivity (Wildman–Crippen MR) is 78.2 cm³/mol. The summed E-state index contributed by atoms with van der Waals surface area (Å²) in [6.45, 7) is 3.82. The molecule has 1 saturated heterocycles. The molecule has 0 aliphatic carbocycles. The second-order valence-corrected chi connectivity index (χ2v) is 5.94. The lowest BCUT2D eigenvalue weighted by Gasteiger charge is -2.23. The van der Waals surface area contributed by atoms with Crippen LogP contribution < -0.4 is 0 Å². The third-order valence-corrected chi connectivity index (χ3v) is 4.51. The third kappa shape index (κ3) is 4.24. The summed E-state index contributed by atoms with van der Waals surface area (Å²) >= 11 is 1.29. The summed E-state index contributed by atoms with van der Waals surface area (Å²) in [6, 6.07) is 0. The number of rotatable bonds is 7. The Morgan fingerprint density at radius 2 is 2.45 bits per heavy atom. The number of imidazole rings is 1. The normalized spacial score (nSPS) is 19.1. The molecule has 1 aromatic rings. The molecule has 2 heterocycles. The number of nitrogens with zero attached hydrogens (tertiary/aromatic N) is 2. The predicted octanol–water partition coefficient (Wildman–Crippen LogP) is 2.58. The van der Waals surface area contributed by atoms with Crippen molar-refractivity contribution >= 4 is 17.7 Å². The summed E-state index contributed by atoms with van der Waals surface area (Å²) in [5.74, 6) is -0.752. The fourth-order valence-corrected chi connectivity index (χ4v) is 3.21. The maximum absolute atomic E-state index is 10.7. The van der Waals surface area contributed by atoms with E-state index in [2.05, 4.69) is 16.5 Å². The van der Waals surface area contributed by atoms with Crippen LogP contribution in [0.3, 0.4) is 0 Å². The Balaban J connectivity index is 1.96. The molecule has 1 N–H and O–H groups in total. The quantitative estimate of drug-likeness (QED) is 0.784. The molecule has 0 amide bonds. The van der Waals surface area contributed by atoms with Crippen molar-refractivity contribution in [1.82, 2.24) is 9.55 Å². The van der Waals surface area contributed by atoms with Crippen molar-refractivity contribution in [2.45, 2.75) is 56.8 Å². The van der Waals surface area contributed by atoms with Crippen LogP contribution in [0, 0.1) is 0 Å². The first-order chi connectivity index (χ1) is 9.70. The van der Waals surface area contributed by atoms with Gasteiger partial charge in [-0.05, 0) is 32.1 Å². The lowest BCUT2D eigenvalue weighted by atomic mass is 10.1. The zero-order valence-electron chi connectivity index (χ0n) is 11.9. The first-order valence-electron chi connectivity index (χ1n) is 7.21. The van der Waals surface area contributed by atoms with Crippen LogP contribution in [0.4, 0.5) is 0 Å². The molecule has 1 fully saturated rings. The Bertz CT molecular complexity index is 442. The highest BCUT2D eigenvalue weighted by atomic mass is 32.2. The summed E-state index contributed by atoms with van der Waals surface area (Å²) in [4.78, 5) is 15.0. The van der Waals surface area contributed by atoms with Crippen LogP contribution in [-0.2, 0) is 22.5 Å². The van der Waals surface area contributed by atoms with Crippen LogP contribution in [0.5, 0.6) is 0 Å².